The molecule has 0 saturated carbocycles. The summed E-state index contributed by atoms with van der Waals surface area (Å²) in [5.74, 6) is 0.564. The molecule has 1 fully saturated rings. The van der Waals surface area contributed by atoms with E-state index in [4.69, 9.17) is 5.73 Å². The van der Waals surface area contributed by atoms with Crippen molar-refractivity contribution in [2.24, 2.45) is 11.7 Å². The number of hydrogen-bond acceptors (Lipinski definition) is 7. The summed E-state index contributed by atoms with van der Waals surface area (Å²) in [7, 11) is 0. The molecule has 0 aliphatic carbocycles. The maximum atomic E-state index is 12.7. The number of rotatable bonds is 6. The highest BCUT2D eigenvalue weighted by Crippen LogP contribution is 2.32. The molecule has 144 valence electrons. The van der Waals surface area contributed by atoms with Crippen molar-refractivity contribution >= 4 is 61.8 Å². The van der Waals surface area contributed by atoms with Gasteiger partial charge in [-0.2, -0.15) is 0 Å². The highest BCUT2D eigenvalue weighted by atomic mass is 79.9. The number of halogens is 1. The van der Waals surface area contributed by atoms with Crippen molar-refractivity contribution < 1.29 is 9.59 Å². The summed E-state index contributed by atoms with van der Waals surface area (Å²) in [5.41, 5.74) is 5.98. The van der Waals surface area contributed by atoms with Crippen molar-refractivity contribution in [1.29, 1.82) is 0 Å². The molecule has 0 aromatic carbocycles. The number of anilines is 2. The van der Waals surface area contributed by atoms with E-state index in [9.17, 15) is 9.59 Å². The second-order valence-corrected chi connectivity index (χ2v) is 9.41. The molecule has 10 heteroatoms. The van der Waals surface area contributed by atoms with Crippen LogP contribution < -0.4 is 16.0 Å². The molecule has 1 atom stereocenters. The number of carbonyl (C=O) groups excluding carboxylic acids is 2. The molecule has 7 nitrogen and oxygen atoms in total. The van der Waals surface area contributed by atoms with Gasteiger partial charge in [0.25, 0.3) is 0 Å². The Morgan fingerprint density at radius 3 is 3.00 bits per heavy atom. The van der Waals surface area contributed by atoms with Crippen molar-refractivity contribution in [3.8, 4) is 0 Å². The molecule has 0 radical (unpaired) electrons. The predicted molar refractivity (Wildman–Crippen MR) is 112 cm³/mol. The number of thiazole rings is 1. The minimum absolute atomic E-state index is 0.0305. The van der Waals surface area contributed by atoms with Gasteiger partial charge in [-0.05, 0) is 47.8 Å². The maximum absolute atomic E-state index is 12.7. The molecular formula is C17H20BrN5O2S2. The summed E-state index contributed by atoms with van der Waals surface area (Å²) in [6.07, 6.45) is 3.54. The molecule has 0 spiro atoms. The Morgan fingerprint density at radius 1 is 1.48 bits per heavy atom. The number of nitrogens with zero attached hydrogens (tertiary/aromatic N) is 3. The van der Waals surface area contributed by atoms with Crippen LogP contribution in [0.25, 0.3) is 0 Å². The number of nitrogens with one attached hydrogen (secondary N) is 1. The molecule has 3 N–H and O–H groups in total. The number of aromatic nitrogens is 2. The smallest absolute Gasteiger partial charge is 0.231 e. The Hall–Kier alpha value is -1.65. The number of amides is 2. The zero-order valence-corrected chi connectivity index (χ0v) is 18.0. The van der Waals surface area contributed by atoms with Crippen LogP contribution in [0.3, 0.4) is 0 Å². The standard InChI is InChI=1S/C17H20BrN5O2S2/c1-10-16(26-9-13(19)24)27-17(21-10)22-15(25)11-3-2-6-23(8-11)14-5-4-12(18)7-20-14/h4-5,7,11H,2-3,6,8-9H2,1H3,(H2,19,24)(H,21,22,25). The number of aryl methyl sites for hydroxylation is 1. The molecule has 0 bridgehead atoms. The fraction of sp³-hybridized carbons (Fsp3) is 0.412. The molecule has 3 rings (SSSR count). The number of carbonyl (C=O) groups is 2. The van der Waals surface area contributed by atoms with Gasteiger partial charge in [0.1, 0.15) is 5.82 Å². The molecule has 1 saturated heterocycles. The first kappa shape index (κ1) is 20.1. The summed E-state index contributed by atoms with van der Waals surface area (Å²) >= 11 is 6.11. The number of primary amides is 1. The zero-order valence-electron chi connectivity index (χ0n) is 14.8. The SMILES string of the molecule is Cc1nc(NC(=O)C2CCCN(c3ccc(Br)cn3)C2)sc1SCC(N)=O. The summed E-state index contributed by atoms with van der Waals surface area (Å²) in [6.45, 7) is 3.38. The fourth-order valence-electron chi connectivity index (χ4n) is 2.87. The lowest BCUT2D eigenvalue weighted by Crippen LogP contribution is -2.41. The van der Waals surface area contributed by atoms with Crippen LogP contribution in [0.2, 0.25) is 0 Å². The van der Waals surface area contributed by atoms with Gasteiger partial charge in [0.15, 0.2) is 5.13 Å². The van der Waals surface area contributed by atoms with E-state index < -0.39 is 0 Å². The molecule has 2 aromatic rings. The minimum Gasteiger partial charge on any atom is -0.369 e. The molecule has 2 aromatic heterocycles. The summed E-state index contributed by atoms with van der Waals surface area (Å²) in [5, 5.41) is 3.48. The van der Waals surface area contributed by atoms with E-state index >= 15 is 0 Å². The highest BCUT2D eigenvalue weighted by Gasteiger charge is 2.27. The van der Waals surface area contributed by atoms with Crippen molar-refractivity contribution in [3.63, 3.8) is 0 Å². The van der Waals surface area contributed by atoms with E-state index in [0.717, 1.165) is 39.6 Å². The van der Waals surface area contributed by atoms with Crippen LogP contribution in [0.5, 0.6) is 0 Å². The number of nitrogens with two attached hydrogens (primary N) is 1. The maximum Gasteiger partial charge on any atom is 0.231 e. The van der Waals surface area contributed by atoms with Gasteiger partial charge in [0.2, 0.25) is 11.8 Å². The first-order valence-electron chi connectivity index (χ1n) is 8.48. The van der Waals surface area contributed by atoms with Crippen LogP contribution in [0.15, 0.2) is 27.0 Å². The van der Waals surface area contributed by atoms with Gasteiger partial charge in [0, 0.05) is 23.8 Å². The lowest BCUT2D eigenvalue weighted by Gasteiger charge is -2.32. The molecule has 1 aliphatic rings. The fourth-order valence-corrected chi connectivity index (χ4v) is 4.98. The zero-order chi connectivity index (χ0) is 19.4. The Balaban J connectivity index is 1.61. The first-order valence-corrected chi connectivity index (χ1v) is 11.1. The molecule has 3 heterocycles. The third-order valence-corrected chi connectivity index (χ3v) is 7.08. The van der Waals surface area contributed by atoms with E-state index in [1.807, 2.05) is 19.1 Å². The second-order valence-electron chi connectivity index (χ2n) is 6.26. The van der Waals surface area contributed by atoms with Gasteiger partial charge >= 0.3 is 0 Å². The van der Waals surface area contributed by atoms with E-state index in [1.165, 1.54) is 23.1 Å². The van der Waals surface area contributed by atoms with Crippen LogP contribution in [0.1, 0.15) is 18.5 Å². The Labute approximate surface area is 174 Å². The van der Waals surface area contributed by atoms with E-state index in [1.54, 1.807) is 6.20 Å². The lowest BCUT2D eigenvalue weighted by molar-refractivity contribution is -0.120. The third-order valence-electron chi connectivity index (χ3n) is 4.16. The number of hydrogen-bond donors (Lipinski definition) is 2. The Bertz CT molecular complexity index is 827. The number of piperidine rings is 1. The van der Waals surface area contributed by atoms with Crippen LogP contribution in [0, 0.1) is 12.8 Å². The quantitative estimate of drug-likeness (QED) is 0.630. The predicted octanol–water partition coefficient (Wildman–Crippen LogP) is 3.04. The Morgan fingerprint density at radius 2 is 2.30 bits per heavy atom. The Kier molecular flexibility index (Phi) is 6.72. The van der Waals surface area contributed by atoms with E-state index in [-0.39, 0.29) is 23.5 Å². The van der Waals surface area contributed by atoms with Gasteiger partial charge < -0.3 is 16.0 Å². The number of pyridine rings is 1. The van der Waals surface area contributed by atoms with Gasteiger partial charge in [-0.25, -0.2) is 9.97 Å². The van der Waals surface area contributed by atoms with E-state index in [0.29, 0.717) is 11.7 Å². The van der Waals surface area contributed by atoms with Crippen molar-refractivity contribution in [2.45, 2.75) is 24.0 Å². The van der Waals surface area contributed by atoms with Gasteiger partial charge in [-0.3, -0.25) is 9.59 Å². The van der Waals surface area contributed by atoms with Crippen molar-refractivity contribution in [3.05, 3.63) is 28.5 Å². The van der Waals surface area contributed by atoms with Gasteiger partial charge in [0.05, 0.1) is 21.6 Å². The third kappa shape index (κ3) is 5.43. The lowest BCUT2D eigenvalue weighted by atomic mass is 9.97. The van der Waals surface area contributed by atoms with E-state index in [2.05, 4.69) is 36.1 Å². The van der Waals surface area contributed by atoms with Crippen molar-refractivity contribution in [2.75, 3.05) is 29.1 Å². The molecule has 1 aliphatic heterocycles. The van der Waals surface area contributed by atoms with Crippen molar-refractivity contribution in [1.82, 2.24) is 9.97 Å². The van der Waals surface area contributed by atoms with Crippen LogP contribution >= 0.6 is 39.0 Å². The first-order chi connectivity index (χ1) is 12.9. The van der Waals surface area contributed by atoms with Gasteiger partial charge in [-0.1, -0.05) is 11.3 Å². The van der Waals surface area contributed by atoms with Crippen LogP contribution in [0.4, 0.5) is 10.9 Å². The topological polar surface area (TPSA) is 101 Å². The molecule has 1 unspecified atom stereocenters. The van der Waals surface area contributed by atoms with Gasteiger partial charge in [-0.15, -0.1) is 11.8 Å². The average Bonchev–Trinajstić information content (AvgIpc) is 3.00. The summed E-state index contributed by atoms with van der Waals surface area (Å²) in [6, 6.07) is 3.91. The van der Waals surface area contributed by atoms with Crippen LogP contribution in [-0.2, 0) is 9.59 Å². The molecule has 27 heavy (non-hydrogen) atoms. The monoisotopic (exact) mass is 469 g/mol. The minimum atomic E-state index is -0.373. The average molecular weight is 470 g/mol. The molecular weight excluding hydrogens is 450 g/mol. The highest BCUT2D eigenvalue weighted by molar-refractivity contribution is 9.10. The molecule has 2 amide bonds. The summed E-state index contributed by atoms with van der Waals surface area (Å²) in [4.78, 5) is 34.6. The normalized spacial score (nSPS) is 17.0. The summed E-state index contributed by atoms with van der Waals surface area (Å²) < 4.78 is 1.83. The largest absolute Gasteiger partial charge is 0.369 e. The second kappa shape index (κ2) is 9.03. The number of thioether (sulfide) groups is 1. The van der Waals surface area contributed by atoms with Crippen LogP contribution in [-0.4, -0.2) is 40.6 Å².